The number of carbonyl (C=O) groups excluding carboxylic acids is 2. The summed E-state index contributed by atoms with van der Waals surface area (Å²) < 4.78 is 0.721. The van der Waals surface area contributed by atoms with E-state index in [2.05, 4.69) is 20.5 Å². The van der Waals surface area contributed by atoms with Crippen LogP contribution in [0.5, 0.6) is 0 Å². The third-order valence-electron chi connectivity index (χ3n) is 4.49. The Morgan fingerprint density at radius 3 is 2.84 bits per heavy atom. The van der Waals surface area contributed by atoms with Crippen LogP contribution >= 0.6 is 46.2 Å². The van der Waals surface area contributed by atoms with E-state index in [1.54, 1.807) is 0 Å². The molecule has 0 spiro atoms. The number of thioether (sulfide) groups is 2. The molecule has 5 N–H and O–H groups in total. The first kappa shape index (κ1) is 22.0. The highest BCUT2D eigenvalue weighted by molar-refractivity contribution is 8.01. The number of nitrogens with two attached hydrogens (primary N) is 1. The van der Waals surface area contributed by atoms with E-state index in [4.69, 9.17) is 5.73 Å². The summed E-state index contributed by atoms with van der Waals surface area (Å²) in [5.41, 5.74) is 6.14. The molecule has 3 atom stereocenters. The number of carbonyl (C=O) groups is 3. The Balaban J connectivity index is 1.45. The van der Waals surface area contributed by atoms with Crippen molar-refractivity contribution in [2.45, 2.75) is 28.8 Å². The van der Waals surface area contributed by atoms with E-state index in [-0.39, 0.29) is 16.5 Å². The van der Waals surface area contributed by atoms with Crippen molar-refractivity contribution >= 4 is 69.1 Å². The summed E-state index contributed by atoms with van der Waals surface area (Å²) >= 11 is 5.22. The highest BCUT2D eigenvalue weighted by Gasteiger charge is 2.54. The number of amides is 2. The second-order valence-corrected chi connectivity index (χ2v) is 10.9. The van der Waals surface area contributed by atoms with Gasteiger partial charge in [0.25, 0.3) is 11.8 Å². The molecule has 2 aliphatic rings. The van der Waals surface area contributed by atoms with E-state index in [0.29, 0.717) is 17.1 Å². The Labute approximate surface area is 192 Å². The Bertz CT molecular complexity index is 1080. The lowest BCUT2D eigenvalue weighted by atomic mass is 10.0. The lowest BCUT2D eigenvalue weighted by Gasteiger charge is -2.49. The van der Waals surface area contributed by atoms with E-state index in [0.717, 1.165) is 20.7 Å². The quantitative estimate of drug-likeness (QED) is 0.307. The minimum atomic E-state index is -1.57. The van der Waals surface area contributed by atoms with Gasteiger partial charge in [0.1, 0.15) is 22.1 Å². The first-order valence-electron chi connectivity index (χ1n) is 8.78. The summed E-state index contributed by atoms with van der Waals surface area (Å²) in [6.45, 7) is 1.83. The number of rotatable bonds is 7. The number of hydrogen-bond acceptors (Lipinski definition) is 12. The molecule has 11 nitrogen and oxygen atoms in total. The average molecular weight is 501 g/mol. The molecule has 4 heterocycles. The molecule has 2 aromatic rings. The number of nitrogens with one attached hydrogen (secondary N) is 1. The number of β-lactam (4-membered cyclic amide) rings is 1. The lowest BCUT2D eigenvalue weighted by Crippen LogP contribution is -2.70. The van der Waals surface area contributed by atoms with Crippen LogP contribution in [0, 0.1) is 6.92 Å². The van der Waals surface area contributed by atoms with Crippen molar-refractivity contribution in [1.29, 1.82) is 0 Å². The zero-order valence-corrected chi connectivity index (χ0v) is 19.1. The SMILES string of the molecule is Cc1nnc(SCC2=C(C(=O)O)N3C(=O)C(NC(=O)C(O)c4csc(N)n4)[C@@H]3SC2)s1. The predicted molar refractivity (Wildman–Crippen MR) is 117 cm³/mol. The maximum Gasteiger partial charge on any atom is 0.352 e. The topological polar surface area (TPSA) is 172 Å². The van der Waals surface area contributed by atoms with Crippen molar-refractivity contribution < 1.29 is 24.6 Å². The van der Waals surface area contributed by atoms with Crippen LogP contribution in [0.3, 0.4) is 0 Å². The molecule has 0 saturated carbocycles. The molecular weight excluding hydrogens is 484 g/mol. The van der Waals surface area contributed by atoms with Crippen LogP contribution < -0.4 is 11.1 Å². The normalized spacial score (nSPS) is 21.5. The smallest absolute Gasteiger partial charge is 0.352 e. The van der Waals surface area contributed by atoms with Crippen LogP contribution in [0.15, 0.2) is 21.0 Å². The molecule has 1 fully saturated rings. The van der Waals surface area contributed by atoms with Crippen LogP contribution in [0.1, 0.15) is 16.8 Å². The van der Waals surface area contributed by atoms with Gasteiger partial charge in [-0.2, -0.15) is 0 Å². The maximum absolute atomic E-state index is 12.7. The number of carboxylic acids is 1. The third-order valence-corrected chi connectivity index (χ3v) is 8.58. The Hall–Kier alpha value is -2.20. The standard InChI is InChI=1S/C16H16N6O5S4/c1-5-20-21-16(31-5)30-3-6-2-28-13-8(12(25)22(13)9(6)14(26)27)19-11(24)10(23)7-4-29-15(17)18-7/h4,8,10,13,23H,2-3H2,1H3,(H2,17,18)(H,19,24)(H,26,27)/t8?,10?,13-/m0/s1. The fourth-order valence-corrected chi connectivity index (χ4v) is 6.95. The zero-order valence-electron chi connectivity index (χ0n) is 15.8. The number of aliphatic hydroxyl groups is 1. The number of aryl methyl sites for hydroxylation is 1. The number of nitrogen functional groups attached to an aromatic ring is 1. The molecule has 0 aliphatic carbocycles. The molecule has 164 valence electrons. The number of nitrogens with zero attached hydrogens (tertiary/aromatic N) is 4. The minimum Gasteiger partial charge on any atom is -0.477 e. The molecule has 4 rings (SSSR count). The molecule has 2 aliphatic heterocycles. The molecule has 2 amide bonds. The molecule has 0 bridgehead atoms. The highest BCUT2D eigenvalue weighted by atomic mass is 32.2. The van der Waals surface area contributed by atoms with Gasteiger partial charge in [-0.25, -0.2) is 9.78 Å². The summed E-state index contributed by atoms with van der Waals surface area (Å²) in [5.74, 6) is -1.79. The van der Waals surface area contributed by atoms with Gasteiger partial charge in [-0.3, -0.25) is 14.5 Å². The average Bonchev–Trinajstić information content (AvgIpc) is 3.36. The molecular formula is C16H16N6O5S4. The van der Waals surface area contributed by atoms with Gasteiger partial charge in [0.15, 0.2) is 15.6 Å². The van der Waals surface area contributed by atoms with Gasteiger partial charge in [-0.15, -0.1) is 33.3 Å². The third kappa shape index (κ3) is 4.27. The van der Waals surface area contributed by atoms with Crippen LogP contribution in [-0.4, -0.2) is 71.0 Å². The highest BCUT2D eigenvalue weighted by Crippen LogP contribution is 2.42. The van der Waals surface area contributed by atoms with Gasteiger partial charge in [0, 0.05) is 16.9 Å². The largest absolute Gasteiger partial charge is 0.477 e. The van der Waals surface area contributed by atoms with Crippen molar-refractivity contribution in [3.05, 3.63) is 27.4 Å². The number of anilines is 1. The molecule has 31 heavy (non-hydrogen) atoms. The molecule has 2 unspecified atom stereocenters. The van der Waals surface area contributed by atoms with E-state index in [1.165, 1.54) is 45.1 Å². The Morgan fingerprint density at radius 2 is 2.23 bits per heavy atom. The summed E-state index contributed by atoms with van der Waals surface area (Å²) in [4.78, 5) is 42.0. The van der Waals surface area contributed by atoms with Crippen molar-refractivity contribution in [3.63, 3.8) is 0 Å². The summed E-state index contributed by atoms with van der Waals surface area (Å²) in [5, 5.41) is 32.2. The van der Waals surface area contributed by atoms with Crippen molar-refractivity contribution in [3.8, 4) is 0 Å². The Morgan fingerprint density at radius 1 is 1.45 bits per heavy atom. The summed E-state index contributed by atoms with van der Waals surface area (Å²) in [6.07, 6.45) is -1.57. The first-order chi connectivity index (χ1) is 14.8. The van der Waals surface area contributed by atoms with Crippen molar-refractivity contribution in [2.75, 3.05) is 17.2 Å². The Kier molecular flexibility index (Phi) is 6.20. The van der Waals surface area contributed by atoms with Gasteiger partial charge in [0.05, 0.1) is 5.69 Å². The summed E-state index contributed by atoms with van der Waals surface area (Å²) in [6, 6.07) is -0.933. The number of hydrogen-bond donors (Lipinski definition) is 4. The number of carboxylic acid groups (broad SMARTS) is 1. The van der Waals surface area contributed by atoms with Gasteiger partial charge in [-0.05, 0) is 12.5 Å². The van der Waals surface area contributed by atoms with Gasteiger partial charge < -0.3 is 21.3 Å². The zero-order chi connectivity index (χ0) is 22.3. The molecule has 2 aromatic heterocycles. The van der Waals surface area contributed by atoms with E-state index >= 15 is 0 Å². The van der Waals surface area contributed by atoms with E-state index in [9.17, 15) is 24.6 Å². The number of thiazole rings is 1. The van der Waals surface area contributed by atoms with Crippen LogP contribution in [0.25, 0.3) is 0 Å². The monoisotopic (exact) mass is 500 g/mol. The first-order valence-corrected chi connectivity index (χ1v) is 12.5. The predicted octanol–water partition coefficient (Wildman–Crippen LogP) is 0.450. The van der Waals surface area contributed by atoms with Gasteiger partial charge >= 0.3 is 5.97 Å². The van der Waals surface area contributed by atoms with E-state index in [1.807, 2.05) is 6.92 Å². The van der Waals surface area contributed by atoms with Gasteiger partial charge in [0.2, 0.25) is 0 Å². The fourth-order valence-electron chi connectivity index (χ4n) is 3.07. The number of aromatic nitrogens is 3. The molecule has 1 saturated heterocycles. The second kappa shape index (κ2) is 8.74. The van der Waals surface area contributed by atoms with Crippen LogP contribution in [0.4, 0.5) is 5.13 Å². The number of aliphatic carboxylic acids is 1. The lowest BCUT2D eigenvalue weighted by molar-refractivity contribution is -0.151. The second-order valence-electron chi connectivity index (χ2n) is 6.54. The molecule has 0 aromatic carbocycles. The summed E-state index contributed by atoms with van der Waals surface area (Å²) in [7, 11) is 0. The van der Waals surface area contributed by atoms with Crippen LogP contribution in [-0.2, 0) is 14.4 Å². The van der Waals surface area contributed by atoms with E-state index < -0.39 is 35.3 Å². The van der Waals surface area contributed by atoms with Crippen molar-refractivity contribution in [2.24, 2.45) is 0 Å². The van der Waals surface area contributed by atoms with Crippen LogP contribution in [0.2, 0.25) is 0 Å². The fraction of sp³-hybridized carbons (Fsp3) is 0.375. The molecule has 0 radical (unpaired) electrons. The minimum absolute atomic E-state index is 0.0687. The van der Waals surface area contributed by atoms with Gasteiger partial charge in [-0.1, -0.05) is 23.1 Å². The number of fused-ring (bicyclic) bond motifs is 1. The van der Waals surface area contributed by atoms with Crippen molar-refractivity contribution in [1.82, 2.24) is 25.4 Å². The maximum atomic E-state index is 12.7. The molecule has 15 heteroatoms. The number of aliphatic hydroxyl groups excluding tert-OH is 1.